The zero-order chi connectivity index (χ0) is 19.8. The van der Waals surface area contributed by atoms with Crippen LogP contribution in [0.25, 0.3) is 0 Å². The van der Waals surface area contributed by atoms with Crippen molar-refractivity contribution in [1.82, 2.24) is 5.32 Å². The number of cyclic esters (lactones) is 1. The minimum absolute atomic E-state index is 0.150. The van der Waals surface area contributed by atoms with Crippen LogP contribution in [0.2, 0.25) is 0 Å². The van der Waals surface area contributed by atoms with Crippen molar-refractivity contribution in [3.05, 3.63) is 23.8 Å². The van der Waals surface area contributed by atoms with E-state index in [9.17, 15) is 19.8 Å². The van der Waals surface area contributed by atoms with Gasteiger partial charge in [0.1, 0.15) is 6.10 Å². The molecule has 7 heteroatoms. The third-order valence-corrected chi connectivity index (χ3v) is 5.88. The largest absolute Gasteiger partial charge is 0.459 e. The standard InChI is InChI=1S/C20H31NO5S/c1-13-5-3-4-6-14(2)9-19(24)26-16(10-15(22)8-7-13)11-18(23)17-12-27-20(25)21-17/h3,5,9,13,15-18,22-23H,4,6-8,10-12H2,1-2H3,(H,21,25)/b5-3-,14-9-. The molecule has 1 saturated heterocycles. The molecule has 5 unspecified atom stereocenters. The number of thioether (sulfide) groups is 1. The fraction of sp³-hybridized carbons (Fsp3) is 0.700. The number of rotatable bonds is 3. The Hall–Kier alpha value is -1.31. The first-order valence-electron chi connectivity index (χ1n) is 9.67. The van der Waals surface area contributed by atoms with E-state index < -0.39 is 24.3 Å². The first-order valence-corrected chi connectivity index (χ1v) is 10.7. The third-order valence-electron chi connectivity index (χ3n) is 4.97. The number of carbonyl (C=O) groups is 2. The van der Waals surface area contributed by atoms with Crippen molar-refractivity contribution in [2.75, 3.05) is 5.75 Å². The van der Waals surface area contributed by atoms with E-state index in [0.29, 0.717) is 18.1 Å². The Bertz CT molecular complexity index is 577. The molecule has 2 heterocycles. The topological polar surface area (TPSA) is 95.9 Å². The number of amides is 1. The average molecular weight is 398 g/mol. The summed E-state index contributed by atoms with van der Waals surface area (Å²) < 4.78 is 5.55. The molecule has 0 aliphatic carbocycles. The molecule has 3 N–H and O–H groups in total. The van der Waals surface area contributed by atoms with Crippen LogP contribution in [0.5, 0.6) is 0 Å². The summed E-state index contributed by atoms with van der Waals surface area (Å²) in [5.74, 6) is 0.423. The summed E-state index contributed by atoms with van der Waals surface area (Å²) in [5.41, 5.74) is 0.939. The maximum atomic E-state index is 12.2. The van der Waals surface area contributed by atoms with Gasteiger partial charge in [-0.05, 0) is 38.5 Å². The normalized spacial score (nSPS) is 35.3. The molecular formula is C20H31NO5S. The fourth-order valence-corrected chi connectivity index (χ4v) is 4.19. The predicted octanol–water partition coefficient (Wildman–Crippen LogP) is 2.94. The molecule has 0 bridgehead atoms. The van der Waals surface area contributed by atoms with E-state index in [1.165, 1.54) is 6.08 Å². The SMILES string of the molecule is C/C1=C/C(=O)OC(CC(O)C2CSC(=O)N2)CC(O)CCC(C)/C=C\CC1. The van der Waals surface area contributed by atoms with Gasteiger partial charge in [0.25, 0.3) is 5.24 Å². The van der Waals surface area contributed by atoms with Gasteiger partial charge in [-0.3, -0.25) is 4.79 Å². The molecule has 2 rings (SSSR count). The molecule has 0 aromatic heterocycles. The summed E-state index contributed by atoms with van der Waals surface area (Å²) in [6.45, 7) is 4.02. The van der Waals surface area contributed by atoms with E-state index in [4.69, 9.17) is 4.74 Å². The average Bonchev–Trinajstić information content (AvgIpc) is 3.02. The van der Waals surface area contributed by atoms with Crippen LogP contribution >= 0.6 is 11.8 Å². The second kappa shape index (κ2) is 10.9. The molecule has 0 aromatic carbocycles. The van der Waals surface area contributed by atoms with Gasteiger partial charge < -0.3 is 20.3 Å². The molecule has 0 spiro atoms. The predicted molar refractivity (Wildman–Crippen MR) is 106 cm³/mol. The molecule has 1 fully saturated rings. The van der Waals surface area contributed by atoms with E-state index >= 15 is 0 Å². The second-order valence-electron chi connectivity index (χ2n) is 7.61. The van der Waals surface area contributed by atoms with Crippen LogP contribution in [-0.4, -0.2) is 51.5 Å². The van der Waals surface area contributed by atoms with Crippen molar-refractivity contribution >= 4 is 23.0 Å². The van der Waals surface area contributed by atoms with Crippen molar-refractivity contribution < 1.29 is 24.5 Å². The lowest BCUT2D eigenvalue weighted by atomic mass is 9.96. The summed E-state index contributed by atoms with van der Waals surface area (Å²) >= 11 is 1.14. The Morgan fingerprint density at radius 3 is 2.85 bits per heavy atom. The van der Waals surface area contributed by atoms with Gasteiger partial charge in [-0.25, -0.2) is 4.79 Å². The summed E-state index contributed by atoms with van der Waals surface area (Å²) in [5, 5.41) is 23.4. The zero-order valence-electron chi connectivity index (χ0n) is 16.1. The lowest BCUT2D eigenvalue weighted by Crippen LogP contribution is -2.41. The molecule has 2 aliphatic rings. The van der Waals surface area contributed by atoms with Gasteiger partial charge in [-0.2, -0.15) is 0 Å². The van der Waals surface area contributed by atoms with Gasteiger partial charge in [0.2, 0.25) is 0 Å². The Balaban J connectivity index is 2.04. The number of aliphatic hydroxyl groups is 2. The molecular weight excluding hydrogens is 366 g/mol. The number of esters is 1. The number of carbonyl (C=O) groups excluding carboxylic acids is 2. The summed E-state index contributed by atoms with van der Waals surface area (Å²) in [7, 11) is 0. The highest BCUT2D eigenvalue weighted by Gasteiger charge is 2.31. The lowest BCUT2D eigenvalue weighted by Gasteiger charge is -2.25. The van der Waals surface area contributed by atoms with Crippen LogP contribution < -0.4 is 5.32 Å². The minimum Gasteiger partial charge on any atom is -0.459 e. The molecule has 152 valence electrons. The summed E-state index contributed by atoms with van der Waals surface area (Å²) in [6, 6.07) is -0.353. The molecule has 0 aromatic rings. The first-order chi connectivity index (χ1) is 12.8. The number of allylic oxidation sites excluding steroid dienone is 3. The highest BCUT2D eigenvalue weighted by atomic mass is 32.2. The minimum atomic E-state index is -0.820. The third kappa shape index (κ3) is 8.07. The van der Waals surface area contributed by atoms with Gasteiger partial charge in [-0.1, -0.05) is 36.4 Å². The summed E-state index contributed by atoms with van der Waals surface area (Å²) in [6.07, 6.45) is 7.34. The smallest absolute Gasteiger partial charge is 0.330 e. The number of hydrogen-bond acceptors (Lipinski definition) is 6. The highest BCUT2D eigenvalue weighted by Crippen LogP contribution is 2.22. The molecule has 0 saturated carbocycles. The Morgan fingerprint density at radius 1 is 1.37 bits per heavy atom. The van der Waals surface area contributed by atoms with Crippen molar-refractivity contribution in [1.29, 1.82) is 0 Å². The number of nitrogens with one attached hydrogen (secondary N) is 1. The molecule has 5 atom stereocenters. The van der Waals surface area contributed by atoms with Crippen LogP contribution in [0, 0.1) is 5.92 Å². The van der Waals surface area contributed by atoms with Gasteiger partial charge in [-0.15, -0.1) is 0 Å². The Morgan fingerprint density at radius 2 is 2.15 bits per heavy atom. The van der Waals surface area contributed by atoms with E-state index in [2.05, 4.69) is 24.4 Å². The maximum absolute atomic E-state index is 12.2. The lowest BCUT2D eigenvalue weighted by molar-refractivity contribution is -0.146. The van der Waals surface area contributed by atoms with E-state index in [-0.39, 0.29) is 24.1 Å². The molecule has 6 nitrogen and oxygen atoms in total. The molecule has 0 radical (unpaired) electrons. The van der Waals surface area contributed by atoms with Crippen LogP contribution in [0.15, 0.2) is 23.8 Å². The van der Waals surface area contributed by atoms with Crippen LogP contribution in [0.3, 0.4) is 0 Å². The number of aliphatic hydroxyl groups excluding tert-OH is 2. The maximum Gasteiger partial charge on any atom is 0.330 e. The van der Waals surface area contributed by atoms with Crippen molar-refractivity contribution in [2.24, 2.45) is 5.92 Å². The van der Waals surface area contributed by atoms with Crippen LogP contribution in [0.1, 0.15) is 52.4 Å². The van der Waals surface area contributed by atoms with E-state index in [1.54, 1.807) is 0 Å². The highest BCUT2D eigenvalue weighted by molar-refractivity contribution is 8.13. The fourth-order valence-electron chi connectivity index (χ4n) is 3.32. The Kier molecular flexibility index (Phi) is 8.86. The number of ether oxygens (including phenoxy) is 1. The van der Waals surface area contributed by atoms with Gasteiger partial charge >= 0.3 is 5.97 Å². The van der Waals surface area contributed by atoms with E-state index in [1.807, 2.05) is 6.92 Å². The first kappa shape index (κ1) is 22.0. The van der Waals surface area contributed by atoms with Crippen LogP contribution in [0.4, 0.5) is 4.79 Å². The summed E-state index contributed by atoms with van der Waals surface area (Å²) in [4.78, 5) is 23.6. The van der Waals surface area contributed by atoms with Gasteiger partial charge in [0.05, 0.1) is 18.2 Å². The quantitative estimate of drug-likeness (QED) is 0.501. The van der Waals surface area contributed by atoms with Crippen LogP contribution in [-0.2, 0) is 9.53 Å². The molecule has 27 heavy (non-hydrogen) atoms. The van der Waals surface area contributed by atoms with Crippen molar-refractivity contribution in [2.45, 2.75) is 76.7 Å². The van der Waals surface area contributed by atoms with Crippen molar-refractivity contribution in [3.8, 4) is 0 Å². The zero-order valence-corrected chi connectivity index (χ0v) is 16.9. The van der Waals surface area contributed by atoms with E-state index in [0.717, 1.165) is 36.6 Å². The Labute approximate surface area is 165 Å². The number of hydrogen-bond donors (Lipinski definition) is 3. The second-order valence-corrected chi connectivity index (χ2v) is 8.61. The molecule has 2 aliphatic heterocycles. The van der Waals surface area contributed by atoms with Gasteiger partial charge in [0.15, 0.2) is 0 Å². The van der Waals surface area contributed by atoms with Crippen molar-refractivity contribution in [3.63, 3.8) is 0 Å². The van der Waals surface area contributed by atoms with Gasteiger partial charge in [0, 0.05) is 24.7 Å². The molecule has 1 amide bonds. The monoisotopic (exact) mass is 397 g/mol.